The third-order valence-electron chi connectivity index (χ3n) is 6.96. The Labute approximate surface area is 195 Å². The van der Waals surface area contributed by atoms with Crippen LogP contribution < -0.4 is 10.2 Å². The number of aromatic nitrogens is 2. The first-order chi connectivity index (χ1) is 15.8. The number of benzene rings is 2. The zero-order chi connectivity index (χ0) is 23.7. The van der Waals surface area contributed by atoms with Crippen LogP contribution in [-0.2, 0) is 0 Å². The highest BCUT2D eigenvalue weighted by Crippen LogP contribution is 2.34. The molecule has 0 amide bonds. The Balaban J connectivity index is 1.71. The Morgan fingerprint density at radius 3 is 2.61 bits per heavy atom. The van der Waals surface area contributed by atoms with Crippen LogP contribution in [0.2, 0.25) is 0 Å². The van der Waals surface area contributed by atoms with Crippen molar-refractivity contribution >= 4 is 22.3 Å². The van der Waals surface area contributed by atoms with E-state index in [0.29, 0.717) is 28.8 Å². The van der Waals surface area contributed by atoms with Gasteiger partial charge in [-0.2, -0.15) is 10.4 Å². The lowest BCUT2D eigenvalue weighted by Crippen LogP contribution is -2.42. The largest absolute Gasteiger partial charge is 0.369 e. The molecular formula is C26H31FN6. The summed E-state index contributed by atoms with van der Waals surface area (Å²) in [6, 6.07) is 11.7. The van der Waals surface area contributed by atoms with E-state index in [1.807, 2.05) is 52.1 Å². The first-order valence-corrected chi connectivity index (χ1v) is 11.4. The van der Waals surface area contributed by atoms with E-state index in [0.717, 1.165) is 47.8 Å². The molecule has 1 aliphatic rings. The molecule has 3 aromatic rings. The summed E-state index contributed by atoms with van der Waals surface area (Å²) in [5, 5.41) is 23.1. The fourth-order valence-electron chi connectivity index (χ4n) is 4.77. The van der Waals surface area contributed by atoms with Gasteiger partial charge in [0, 0.05) is 23.9 Å². The van der Waals surface area contributed by atoms with Gasteiger partial charge in [0.05, 0.1) is 29.1 Å². The fraction of sp³-hybridized carbons (Fsp3) is 0.423. The molecule has 6 nitrogen and oxygen atoms in total. The molecule has 1 N–H and O–H groups in total. The second-order valence-electron chi connectivity index (χ2n) is 9.13. The average molecular weight is 447 g/mol. The van der Waals surface area contributed by atoms with E-state index in [4.69, 9.17) is 0 Å². The van der Waals surface area contributed by atoms with Crippen LogP contribution in [-0.4, -0.2) is 48.3 Å². The molecule has 0 aliphatic carbocycles. The first-order valence-electron chi connectivity index (χ1n) is 11.4. The molecule has 1 fully saturated rings. The number of fused-ring (bicyclic) bond motifs is 1. The molecule has 33 heavy (non-hydrogen) atoms. The summed E-state index contributed by atoms with van der Waals surface area (Å²) in [7, 11) is 4.11. The zero-order valence-corrected chi connectivity index (χ0v) is 20.0. The summed E-state index contributed by atoms with van der Waals surface area (Å²) in [5.41, 5.74) is 3.90. The second kappa shape index (κ2) is 9.32. The van der Waals surface area contributed by atoms with E-state index in [-0.39, 0.29) is 11.9 Å². The van der Waals surface area contributed by atoms with E-state index < -0.39 is 0 Å². The lowest BCUT2D eigenvalue weighted by molar-refractivity contribution is 0.252. The maximum atomic E-state index is 15.2. The molecule has 4 rings (SSSR count). The van der Waals surface area contributed by atoms with Gasteiger partial charge < -0.3 is 15.1 Å². The Hall–Kier alpha value is -3.24. The monoisotopic (exact) mass is 446 g/mol. The smallest absolute Gasteiger partial charge is 0.157 e. The Morgan fingerprint density at radius 2 is 1.91 bits per heavy atom. The number of likely N-dealkylation sites (tertiary alicyclic amines) is 1. The van der Waals surface area contributed by atoms with Gasteiger partial charge in [0.25, 0.3) is 0 Å². The van der Waals surface area contributed by atoms with Crippen molar-refractivity contribution in [2.24, 2.45) is 0 Å². The Morgan fingerprint density at radius 1 is 1.18 bits per heavy atom. The fourth-order valence-corrected chi connectivity index (χ4v) is 4.77. The van der Waals surface area contributed by atoms with E-state index in [9.17, 15) is 5.26 Å². The number of nitriles is 1. The van der Waals surface area contributed by atoms with E-state index in [1.54, 1.807) is 6.07 Å². The molecule has 0 saturated carbocycles. The summed E-state index contributed by atoms with van der Waals surface area (Å²) in [4.78, 5) is 4.39. The highest BCUT2D eigenvalue weighted by Gasteiger charge is 2.24. The van der Waals surface area contributed by atoms with Crippen LogP contribution in [0.1, 0.15) is 48.2 Å². The number of anilines is 2. The van der Waals surface area contributed by atoms with Gasteiger partial charge in [-0.15, -0.1) is 5.10 Å². The van der Waals surface area contributed by atoms with Crippen molar-refractivity contribution in [1.29, 1.82) is 5.26 Å². The lowest BCUT2D eigenvalue weighted by Gasteiger charge is -2.36. The molecule has 1 aliphatic heterocycles. The van der Waals surface area contributed by atoms with Crippen LogP contribution in [0.4, 0.5) is 15.9 Å². The van der Waals surface area contributed by atoms with Crippen LogP contribution in [0.25, 0.3) is 10.8 Å². The molecule has 7 heteroatoms. The highest BCUT2D eigenvalue weighted by molar-refractivity contribution is 5.95. The van der Waals surface area contributed by atoms with Crippen LogP contribution in [0.5, 0.6) is 0 Å². The predicted octanol–water partition coefficient (Wildman–Crippen LogP) is 4.96. The zero-order valence-electron chi connectivity index (χ0n) is 20.0. The van der Waals surface area contributed by atoms with Gasteiger partial charge >= 0.3 is 0 Å². The van der Waals surface area contributed by atoms with Gasteiger partial charge in [-0.3, -0.25) is 0 Å². The van der Waals surface area contributed by atoms with E-state index >= 15 is 4.39 Å². The lowest BCUT2D eigenvalue weighted by atomic mass is 9.98. The molecule has 2 heterocycles. The Bertz CT molecular complexity index is 1210. The van der Waals surface area contributed by atoms with Crippen LogP contribution in [0.15, 0.2) is 30.3 Å². The number of rotatable bonds is 5. The van der Waals surface area contributed by atoms with Crippen molar-refractivity contribution in [2.45, 2.75) is 45.7 Å². The SMILES string of the molecule is Cc1c(C#N)cccc1[C@@H](C)Nc1nnc(C)c2cc(F)c(N(C)C3CCN(C)CC3)cc12. The number of hydrogen-bond acceptors (Lipinski definition) is 6. The number of hydrogen-bond donors (Lipinski definition) is 1. The normalized spacial score (nSPS) is 15.9. The molecule has 0 radical (unpaired) electrons. The van der Waals surface area contributed by atoms with Gasteiger partial charge in [0.1, 0.15) is 5.82 Å². The van der Waals surface area contributed by atoms with E-state index in [2.05, 4.69) is 38.4 Å². The molecule has 172 valence electrons. The molecule has 0 bridgehead atoms. The molecule has 0 spiro atoms. The van der Waals surface area contributed by atoms with Crippen LogP contribution in [0, 0.1) is 31.0 Å². The summed E-state index contributed by atoms with van der Waals surface area (Å²) in [5.74, 6) is 0.375. The topological polar surface area (TPSA) is 68.1 Å². The molecular weight excluding hydrogens is 415 g/mol. The van der Waals surface area contributed by atoms with Crippen LogP contribution >= 0.6 is 0 Å². The molecule has 2 aromatic carbocycles. The summed E-state index contributed by atoms with van der Waals surface area (Å²) < 4.78 is 15.2. The van der Waals surface area contributed by atoms with Gasteiger partial charge in [-0.05, 0) is 83.1 Å². The van der Waals surface area contributed by atoms with Crippen molar-refractivity contribution in [3.8, 4) is 6.07 Å². The average Bonchev–Trinajstić information content (AvgIpc) is 2.81. The molecule has 0 unspecified atom stereocenters. The minimum atomic E-state index is -0.239. The highest BCUT2D eigenvalue weighted by atomic mass is 19.1. The van der Waals surface area contributed by atoms with Gasteiger partial charge in [0.2, 0.25) is 0 Å². The molecule has 1 saturated heterocycles. The van der Waals surface area contributed by atoms with E-state index in [1.165, 1.54) is 0 Å². The van der Waals surface area contributed by atoms with Gasteiger partial charge in [-0.1, -0.05) is 12.1 Å². The number of piperidine rings is 1. The van der Waals surface area contributed by atoms with Crippen molar-refractivity contribution < 1.29 is 4.39 Å². The summed E-state index contributed by atoms with van der Waals surface area (Å²) >= 11 is 0. The number of aryl methyl sites for hydroxylation is 1. The minimum Gasteiger partial charge on any atom is -0.369 e. The van der Waals surface area contributed by atoms with Crippen LogP contribution in [0.3, 0.4) is 0 Å². The molecule has 1 atom stereocenters. The molecule has 1 aromatic heterocycles. The van der Waals surface area contributed by atoms with Crippen molar-refractivity contribution in [3.05, 3.63) is 58.5 Å². The standard InChI is InChI=1S/C26H31FN6/c1-16-19(15-28)7-6-8-21(16)17(2)29-26-23-14-25(24(27)13-22(23)18(3)30-31-26)33(5)20-9-11-32(4)12-10-20/h6-8,13-14,17,20H,9-12H2,1-5H3,(H,29,31)/t17-/m1/s1. The summed E-state index contributed by atoms with van der Waals surface area (Å²) in [6.45, 7) is 7.87. The second-order valence-corrected chi connectivity index (χ2v) is 9.13. The summed E-state index contributed by atoms with van der Waals surface area (Å²) in [6.07, 6.45) is 2.02. The van der Waals surface area contributed by atoms with Gasteiger partial charge in [0.15, 0.2) is 5.82 Å². The minimum absolute atomic E-state index is 0.0985. The third-order valence-corrected chi connectivity index (χ3v) is 6.96. The number of nitrogens with one attached hydrogen (secondary N) is 1. The maximum absolute atomic E-state index is 15.2. The third kappa shape index (κ3) is 4.49. The number of nitrogens with zero attached hydrogens (tertiary/aromatic N) is 5. The van der Waals surface area contributed by atoms with Gasteiger partial charge in [-0.25, -0.2) is 4.39 Å². The van der Waals surface area contributed by atoms with Crippen molar-refractivity contribution in [3.63, 3.8) is 0 Å². The van der Waals surface area contributed by atoms with Crippen molar-refractivity contribution in [1.82, 2.24) is 15.1 Å². The quantitative estimate of drug-likeness (QED) is 0.597. The Kier molecular flexibility index (Phi) is 6.48. The van der Waals surface area contributed by atoms with Crippen molar-refractivity contribution in [2.75, 3.05) is 37.4 Å². The predicted molar refractivity (Wildman–Crippen MR) is 131 cm³/mol. The first kappa shape index (κ1) is 22.9. The maximum Gasteiger partial charge on any atom is 0.157 e. The number of halogens is 1.